The molecule has 4 aliphatic heterocycles. The molecule has 0 saturated heterocycles. The highest BCUT2D eigenvalue weighted by Crippen LogP contribution is 2.64. The molecule has 21 aromatic rings. The van der Waals surface area contributed by atoms with E-state index < -0.39 is 10.8 Å². The minimum absolute atomic E-state index is 0.510. The lowest BCUT2D eigenvalue weighted by Crippen LogP contribution is -2.37. The largest absolute Gasteiger partial charge is 0.311 e. The van der Waals surface area contributed by atoms with Crippen LogP contribution < -0.4 is 9.80 Å². The summed E-state index contributed by atoms with van der Waals surface area (Å²) < 4.78 is 5.03. The van der Waals surface area contributed by atoms with Crippen molar-refractivity contribution in [3.8, 4) is 67.0 Å². The van der Waals surface area contributed by atoms with Crippen LogP contribution in [0.2, 0.25) is 0 Å². The number of aromatic nitrogens is 2. The van der Waals surface area contributed by atoms with Gasteiger partial charge in [0.15, 0.2) is 0 Å². The topological polar surface area (TPSA) is 16.3 Å². The Balaban J connectivity index is 0.000000139. The maximum atomic E-state index is 2.52. The number of rotatable bonds is 11. The Morgan fingerprint density at radius 3 is 0.820 bits per heavy atom. The Morgan fingerprint density at radius 2 is 0.443 bits per heavy atom. The summed E-state index contributed by atoms with van der Waals surface area (Å²) in [5, 5.41) is 5.16. The van der Waals surface area contributed by atoms with Gasteiger partial charge in [-0.05, 0) is 209 Å². The quantitative estimate of drug-likeness (QED) is 0.128. The van der Waals surface area contributed by atoms with Crippen molar-refractivity contribution in [3.63, 3.8) is 0 Å². The first-order chi connectivity index (χ1) is 60.5. The Kier molecular flexibility index (Phi) is 16.9. The van der Waals surface area contributed by atoms with Crippen molar-refractivity contribution in [1.82, 2.24) is 9.13 Å². The van der Waals surface area contributed by atoms with Crippen molar-refractivity contribution in [1.29, 1.82) is 0 Å². The van der Waals surface area contributed by atoms with E-state index in [0.29, 0.717) is 0 Å². The molecule has 0 bridgehead atoms. The Morgan fingerprint density at radius 1 is 0.180 bits per heavy atom. The van der Waals surface area contributed by atoms with Crippen molar-refractivity contribution in [2.75, 3.05) is 9.80 Å². The lowest BCUT2D eigenvalue weighted by Gasteiger charge is -2.45. The molecule has 6 heterocycles. The summed E-state index contributed by atoms with van der Waals surface area (Å²) in [6.45, 7) is 0. The molecule has 122 heavy (non-hydrogen) atoms. The molecule has 2 spiro atoms. The Bertz CT molecular complexity index is 7570. The van der Waals surface area contributed by atoms with Crippen molar-refractivity contribution in [2.45, 2.75) is 30.4 Å². The average molecular weight is 1590 g/mol. The predicted molar refractivity (Wildman–Crippen MR) is 510 cm³/mol. The zero-order valence-electron chi connectivity index (χ0n) is 66.5. The molecule has 19 aromatic carbocycles. The van der Waals surface area contributed by atoms with E-state index >= 15 is 0 Å². The lowest BCUT2D eigenvalue weighted by molar-refractivity contribution is 0.690. The molecule has 25 rings (SSSR count). The second-order valence-corrected chi connectivity index (χ2v) is 34.1. The second-order valence-electron chi connectivity index (χ2n) is 32.0. The van der Waals surface area contributed by atoms with Crippen LogP contribution in [0.5, 0.6) is 0 Å². The van der Waals surface area contributed by atoms with Crippen LogP contribution in [0.15, 0.2) is 481 Å². The predicted octanol–water partition coefficient (Wildman–Crippen LogP) is 31.2. The highest BCUT2D eigenvalue weighted by Gasteiger charge is 2.52. The molecule has 0 N–H and O–H groups in total. The summed E-state index contributed by atoms with van der Waals surface area (Å²) in [7, 11) is 0. The maximum Gasteiger partial charge on any atom is 0.0764 e. The number of hydrogen-bond acceptors (Lipinski definition) is 4. The summed E-state index contributed by atoms with van der Waals surface area (Å²) >= 11 is 3.82. The zero-order valence-corrected chi connectivity index (χ0v) is 68.1. The van der Waals surface area contributed by atoms with Crippen LogP contribution in [-0.2, 0) is 10.8 Å². The number of nitrogens with zero attached hydrogens (tertiary/aromatic N) is 4. The molecule has 4 aliphatic rings. The van der Waals surface area contributed by atoms with Gasteiger partial charge in [-0.1, -0.05) is 375 Å². The highest BCUT2D eigenvalue weighted by atomic mass is 32.2. The molecule has 4 nitrogen and oxygen atoms in total. The number of para-hydroxylation sites is 7. The summed E-state index contributed by atoms with van der Waals surface area (Å²) in [4.78, 5) is 9.91. The minimum Gasteiger partial charge on any atom is -0.311 e. The Hall–Kier alpha value is -14.9. The number of hydrogen-bond donors (Lipinski definition) is 0. The van der Waals surface area contributed by atoms with Gasteiger partial charge in [0.1, 0.15) is 0 Å². The van der Waals surface area contributed by atoms with E-state index in [0.717, 1.165) is 34.1 Å². The molecular formula is C116H76N4S2. The molecule has 2 unspecified atom stereocenters. The summed E-state index contributed by atoms with van der Waals surface area (Å²) in [5.74, 6) is 0. The van der Waals surface area contributed by atoms with Gasteiger partial charge in [0.05, 0.1) is 44.3 Å². The van der Waals surface area contributed by atoms with Gasteiger partial charge in [0.2, 0.25) is 0 Å². The summed E-state index contributed by atoms with van der Waals surface area (Å²) in [6.07, 6.45) is 0. The van der Waals surface area contributed by atoms with Gasteiger partial charge in [0.25, 0.3) is 0 Å². The van der Waals surface area contributed by atoms with Gasteiger partial charge in [-0.15, -0.1) is 0 Å². The zero-order chi connectivity index (χ0) is 80.4. The molecule has 0 amide bonds. The van der Waals surface area contributed by atoms with Crippen LogP contribution in [0, 0.1) is 0 Å². The highest BCUT2D eigenvalue weighted by molar-refractivity contribution is 8.00. The van der Waals surface area contributed by atoms with Crippen molar-refractivity contribution in [3.05, 3.63) is 506 Å². The molecule has 0 aliphatic carbocycles. The van der Waals surface area contributed by atoms with Crippen molar-refractivity contribution >= 4 is 101 Å². The van der Waals surface area contributed by atoms with Gasteiger partial charge < -0.3 is 18.9 Å². The maximum absolute atomic E-state index is 2.52. The number of benzene rings is 19. The second kappa shape index (κ2) is 29.0. The molecule has 0 fully saturated rings. The van der Waals surface area contributed by atoms with E-state index in [1.54, 1.807) is 0 Å². The molecule has 2 aromatic heterocycles. The van der Waals surface area contributed by atoms with E-state index in [-0.39, 0.29) is 0 Å². The van der Waals surface area contributed by atoms with Crippen LogP contribution in [-0.4, -0.2) is 9.13 Å². The van der Waals surface area contributed by atoms with Crippen LogP contribution in [0.1, 0.15) is 44.5 Å². The molecular weight excluding hydrogens is 1510 g/mol. The van der Waals surface area contributed by atoms with Gasteiger partial charge in [-0.25, -0.2) is 0 Å². The van der Waals surface area contributed by atoms with Gasteiger partial charge in [0, 0.05) is 75.3 Å². The van der Waals surface area contributed by atoms with E-state index in [4.69, 9.17) is 0 Å². The SMILES string of the molecule is c1ccc(-c2ccc(N(c3ccc(-c4ccccc4)cc3)c3ccc(-c4cccc5c4Sc4ccccc4C54c5ccccc5-n5c6ccccc6c6cccc4c65)cc3)cc2)cc1.c1ccc(-c2ccc(N(c3ccccc3)c3ccc(-c4cccc5c4Sc4ccccc4C54c5ccccc5-n5c6ccccc6c6cccc4c65)cc3)cc2)cc1. The van der Waals surface area contributed by atoms with Gasteiger partial charge in [-0.2, -0.15) is 0 Å². The fraction of sp³-hybridized carbons (Fsp3) is 0.0172. The smallest absolute Gasteiger partial charge is 0.0764 e. The van der Waals surface area contributed by atoms with Crippen LogP contribution in [0.25, 0.3) is 111 Å². The van der Waals surface area contributed by atoms with E-state index in [1.807, 2.05) is 23.5 Å². The third-order valence-corrected chi connectivity index (χ3v) is 28.2. The first kappa shape index (κ1) is 71.2. The van der Waals surface area contributed by atoms with Gasteiger partial charge in [-0.3, -0.25) is 0 Å². The third-order valence-electron chi connectivity index (χ3n) is 25.7. The van der Waals surface area contributed by atoms with Crippen LogP contribution in [0.3, 0.4) is 0 Å². The first-order valence-electron chi connectivity index (χ1n) is 41.9. The van der Waals surface area contributed by atoms with E-state index in [2.05, 4.69) is 480 Å². The fourth-order valence-corrected chi connectivity index (χ4v) is 23.1. The van der Waals surface area contributed by atoms with Crippen molar-refractivity contribution < 1.29 is 0 Å². The molecule has 572 valence electrons. The number of fused-ring (bicyclic) bond motifs is 22. The number of anilines is 6. The first-order valence-corrected chi connectivity index (χ1v) is 43.6. The summed E-state index contributed by atoms with van der Waals surface area (Å²) in [6, 6.07) is 170. The van der Waals surface area contributed by atoms with E-state index in [9.17, 15) is 0 Å². The van der Waals surface area contributed by atoms with Crippen LogP contribution in [0.4, 0.5) is 34.1 Å². The summed E-state index contributed by atoms with van der Waals surface area (Å²) in [5.41, 5.74) is 35.9. The lowest BCUT2D eigenvalue weighted by atomic mass is 9.62. The van der Waals surface area contributed by atoms with Crippen molar-refractivity contribution in [2.24, 2.45) is 0 Å². The molecule has 2 atom stereocenters. The third kappa shape index (κ3) is 11.0. The standard InChI is InChI=1S/C61H40N2S.C55H36N2S/c1-3-15-41(16-4-1)43-29-35-46(36-30-43)62(47-37-31-44(32-38-47)42-17-5-2-6-18-42)48-39-33-45(34-40-48)49-20-13-25-55-60(49)64-58-28-12-9-23-53(58)61(55)52-22-8-11-27-57(52)63-56-26-10-7-19-50(56)51-21-14-24-54(61)59(51)63;1-3-15-37(16-4-1)38-29-33-41(34-30-38)56(40-17-5-2-6-18-40)42-35-31-39(32-36-42)43-20-13-25-49-54(43)58-52-28-12-9-23-47(52)55(49)46-22-8-11-27-51(46)57-50-26-10-7-19-44(50)45-21-14-24-48(55)53(45)57/h1-40H;1-36H. The fourth-order valence-electron chi connectivity index (χ4n) is 20.5. The molecule has 0 radical (unpaired) electrons. The monoisotopic (exact) mass is 1590 g/mol. The van der Waals surface area contributed by atoms with Crippen LogP contribution >= 0.6 is 23.5 Å². The normalized spacial score (nSPS) is 14.7. The Labute approximate surface area is 717 Å². The molecule has 0 saturated carbocycles. The average Bonchev–Trinajstić information content (AvgIpc) is 1.34. The van der Waals surface area contributed by atoms with Gasteiger partial charge >= 0.3 is 0 Å². The molecule has 6 heteroatoms. The van der Waals surface area contributed by atoms with E-state index in [1.165, 1.54) is 175 Å². The minimum atomic E-state index is -0.526.